The van der Waals surface area contributed by atoms with Crippen molar-refractivity contribution >= 4 is 21.9 Å². The highest BCUT2D eigenvalue weighted by atomic mass is 79.9. The lowest BCUT2D eigenvalue weighted by Gasteiger charge is -2.15. The molecule has 0 aliphatic carbocycles. The zero-order valence-electron chi connectivity index (χ0n) is 9.87. The van der Waals surface area contributed by atoms with E-state index in [2.05, 4.69) is 22.0 Å². The standard InChI is InChI=1S/C13H14BrNO2/c1-3-9(13(16)17-4-2)10-6-5-7-12(14)11(10)8-15/h5-7,9H,3-4H2,1-2H3. The van der Waals surface area contributed by atoms with Crippen LogP contribution in [0.5, 0.6) is 0 Å². The van der Waals surface area contributed by atoms with E-state index < -0.39 is 0 Å². The smallest absolute Gasteiger partial charge is 0.313 e. The molecule has 0 aliphatic heterocycles. The van der Waals surface area contributed by atoms with Gasteiger partial charge in [0, 0.05) is 4.47 Å². The molecule has 90 valence electrons. The monoisotopic (exact) mass is 295 g/mol. The number of nitrogens with zero attached hydrogens (tertiary/aromatic N) is 1. The summed E-state index contributed by atoms with van der Waals surface area (Å²) in [5.74, 6) is -0.647. The van der Waals surface area contributed by atoms with Crippen molar-refractivity contribution in [1.29, 1.82) is 5.26 Å². The van der Waals surface area contributed by atoms with Crippen LogP contribution in [-0.2, 0) is 9.53 Å². The second-order valence-electron chi connectivity index (χ2n) is 3.53. The van der Waals surface area contributed by atoms with Crippen molar-refractivity contribution in [3.8, 4) is 6.07 Å². The fraction of sp³-hybridized carbons (Fsp3) is 0.385. The fourth-order valence-corrected chi connectivity index (χ4v) is 2.18. The van der Waals surface area contributed by atoms with E-state index >= 15 is 0 Å². The molecule has 0 amide bonds. The lowest BCUT2D eigenvalue weighted by molar-refractivity contribution is -0.145. The van der Waals surface area contributed by atoms with Gasteiger partial charge in [0.2, 0.25) is 0 Å². The summed E-state index contributed by atoms with van der Waals surface area (Å²) >= 11 is 3.32. The van der Waals surface area contributed by atoms with Gasteiger partial charge >= 0.3 is 5.97 Å². The maximum atomic E-state index is 11.8. The van der Waals surface area contributed by atoms with Crippen molar-refractivity contribution in [2.24, 2.45) is 0 Å². The van der Waals surface area contributed by atoms with Crippen molar-refractivity contribution < 1.29 is 9.53 Å². The van der Waals surface area contributed by atoms with E-state index in [1.807, 2.05) is 13.0 Å². The first-order valence-electron chi connectivity index (χ1n) is 5.50. The number of esters is 1. The number of ether oxygens (including phenoxy) is 1. The third-order valence-corrected chi connectivity index (χ3v) is 3.17. The molecule has 3 nitrogen and oxygen atoms in total. The molecule has 17 heavy (non-hydrogen) atoms. The van der Waals surface area contributed by atoms with E-state index in [1.54, 1.807) is 19.1 Å². The van der Waals surface area contributed by atoms with Crippen LogP contribution in [0, 0.1) is 11.3 Å². The summed E-state index contributed by atoms with van der Waals surface area (Å²) < 4.78 is 5.73. The molecule has 0 saturated carbocycles. The van der Waals surface area contributed by atoms with E-state index in [4.69, 9.17) is 10.00 Å². The Kier molecular flexibility index (Phi) is 5.17. The van der Waals surface area contributed by atoms with Crippen LogP contribution < -0.4 is 0 Å². The molecule has 1 rings (SSSR count). The molecule has 0 spiro atoms. The Hall–Kier alpha value is -1.34. The van der Waals surface area contributed by atoms with Gasteiger partial charge < -0.3 is 4.74 Å². The largest absolute Gasteiger partial charge is 0.466 e. The summed E-state index contributed by atoms with van der Waals surface area (Å²) in [5, 5.41) is 9.12. The van der Waals surface area contributed by atoms with Crippen LogP contribution in [-0.4, -0.2) is 12.6 Å². The van der Waals surface area contributed by atoms with Crippen LogP contribution >= 0.6 is 15.9 Å². The Morgan fingerprint density at radius 2 is 2.24 bits per heavy atom. The molecule has 1 aromatic rings. The summed E-state index contributed by atoms with van der Waals surface area (Å²) in [6.07, 6.45) is 0.615. The molecule has 1 aromatic carbocycles. The SMILES string of the molecule is CCOC(=O)C(CC)c1cccc(Br)c1C#N. The van der Waals surface area contributed by atoms with Crippen LogP contribution in [0.1, 0.15) is 37.3 Å². The quantitative estimate of drug-likeness (QED) is 0.800. The predicted octanol–water partition coefficient (Wildman–Crippen LogP) is 3.38. The molecule has 0 N–H and O–H groups in total. The van der Waals surface area contributed by atoms with E-state index in [9.17, 15) is 4.79 Å². The van der Waals surface area contributed by atoms with E-state index in [-0.39, 0.29) is 11.9 Å². The number of rotatable bonds is 4. The summed E-state index contributed by atoms with van der Waals surface area (Å²) in [7, 11) is 0. The zero-order chi connectivity index (χ0) is 12.8. The number of hydrogen-bond donors (Lipinski definition) is 0. The molecule has 0 fully saturated rings. The molecule has 0 aromatic heterocycles. The van der Waals surface area contributed by atoms with Gasteiger partial charge in [-0.3, -0.25) is 4.79 Å². The van der Waals surface area contributed by atoms with Crippen LogP contribution in [0.15, 0.2) is 22.7 Å². The molecular formula is C13H14BrNO2. The van der Waals surface area contributed by atoms with Gasteiger partial charge in [-0.05, 0) is 40.9 Å². The first-order chi connectivity index (χ1) is 8.15. The van der Waals surface area contributed by atoms with Crippen molar-refractivity contribution in [2.75, 3.05) is 6.61 Å². The lowest BCUT2D eigenvalue weighted by Crippen LogP contribution is -2.16. The average Bonchev–Trinajstić information content (AvgIpc) is 2.30. The van der Waals surface area contributed by atoms with Crippen molar-refractivity contribution in [1.82, 2.24) is 0 Å². The normalized spacial score (nSPS) is 11.6. The highest BCUT2D eigenvalue weighted by Crippen LogP contribution is 2.29. The van der Waals surface area contributed by atoms with E-state index in [0.717, 1.165) is 5.56 Å². The minimum absolute atomic E-state index is 0.274. The number of carbonyl (C=O) groups is 1. The van der Waals surface area contributed by atoms with Gasteiger partial charge in [-0.25, -0.2) is 0 Å². The van der Waals surface area contributed by atoms with E-state index in [1.165, 1.54) is 0 Å². The zero-order valence-corrected chi connectivity index (χ0v) is 11.5. The number of nitriles is 1. The summed E-state index contributed by atoms with van der Waals surface area (Å²) in [6.45, 7) is 4.03. The summed E-state index contributed by atoms with van der Waals surface area (Å²) in [6, 6.07) is 7.53. The minimum atomic E-state index is -0.373. The Morgan fingerprint density at radius 3 is 2.76 bits per heavy atom. The van der Waals surface area contributed by atoms with Gasteiger partial charge in [0.15, 0.2) is 0 Å². The van der Waals surface area contributed by atoms with Gasteiger partial charge in [0.1, 0.15) is 6.07 Å². The lowest BCUT2D eigenvalue weighted by atomic mass is 9.92. The highest BCUT2D eigenvalue weighted by Gasteiger charge is 2.23. The van der Waals surface area contributed by atoms with Crippen LogP contribution in [0.2, 0.25) is 0 Å². The molecule has 0 heterocycles. The van der Waals surface area contributed by atoms with Crippen molar-refractivity contribution in [3.05, 3.63) is 33.8 Å². The maximum absolute atomic E-state index is 11.8. The van der Waals surface area contributed by atoms with Crippen molar-refractivity contribution in [2.45, 2.75) is 26.2 Å². The van der Waals surface area contributed by atoms with Crippen LogP contribution in [0.25, 0.3) is 0 Å². The number of carbonyl (C=O) groups excluding carboxylic acids is 1. The first kappa shape index (κ1) is 13.7. The molecule has 0 aliphatic rings. The molecule has 1 atom stereocenters. The van der Waals surface area contributed by atoms with Gasteiger partial charge in [0.05, 0.1) is 18.1 Å². The number of benzene rings is 1. The second-order valence-corrected chi connectivity index (χ2v) is 4.38. The third-order valence-electron chi connectivity index (χ3n) is 2.51. The van der Waals surface area contributed by atoms with Gasteiger partial charge in [-0.15, -0.1) is 0 Å². The molecule has 4 heteroatoms. The molecular weight excluding hydrogens is 282 g/mol. The Balaban J connectivity index is 3.17. The van der Waals surface area contributed by atoms with Crippen LogP contribution in [0.4, 0.5) is 0 Å². The Bertz CT molecular complexity index is 451. The number of halogens is 1. The van der Waals surface area contributed by atoms with Gasteiger partial charge in [0.25, 0.3) is 0 Å². The Morgan fingerprint density at radius 1 is 1.53 bits per heavy atom. The highest BCUT2D eigenvalue weighted by molar-refractivity contribution is 9.10. The first-order valence-corrected chi connectivity index (χ1v) is 6.30. The minimum Gasteiger partial charge on any atom is -0.466 e. The molecule has 0 saturated heterocycles. The third kappa shape index (κ3) is 3.07. The molecule has 1 unspecified atom stereocenters. The maximum Gasteiger partial charge on any atom is 0.313 e. The van der Waals surface area contributed by atoms with Gasteiger partial charge in [-0.2, -0.15) is 5.26 Å². The topological polar surface area (TPSA) is 50.1 Å². The predicted molar refractivity (Wildman–Crippen MR) is 68.5 cm³/mol. The average molecular weight is 296 g/mol. The van der Waals surface area contributed by atoms with Crippen molar-refractivity contribution in [3.63, 3.8) is 0 Å². The summed E-state index contributed by atoms with van der Waals surface area (Å²) in [4.78, 5) is 11.8. The van der Waals surface area contributed by atoms with Crippen LogP contribution in [0.3, 0.4) is 0 Å². The molecule has 0 bridgehead atoms. The second kappa shape index (κ2) is 6.41. The Labute approximate surface area is 110 Å². The molecule has 0 radical (unpaired) electrons. The summed E-state index contributed by atoms with van der Waals surface area (Å²) in [5.41, 5.74) is 1.23. The fourth-order valence-electron chi connectivity index (χ4n) is 1.71. The van der Waals surface area contributed by atoms with E-state index in [0.29, 0.717) is 23.1 Å². The van der Waals surface area contributed by atoms with Gasteiger partial charge in [-0.1, -0.05) is 19.1 Å². The number of hydrogen-bond acceptors (Lipinski definition) is 3.